The molecule has 0 fully saturated rings. The van der Waals surface area contributed by atoms with Crippen LogP contribution in [0.4, 0.5) is 0 Å². The molecule has 0 N–H and O–H groups in total. The maximum atomic E-state index is 5.70. The molecule has 0 unspecified atom stereocenters. The summed E-state index contributed by atoms with van der Waals surface area (Å²) in [5, 5.41) is 1.14. The minimum absolute atomic E-state index is 0.422. The highest BCUT2D eigenvalue weighted by Gasteiger charge is 2.00. The second kappa shape index (κ2) is 3.81. The highest BCUT2D eigenvalue weighted by molar-refractivity contribution is 6.23. The highest BCUT2D eigenvalue weighted by Crippen LogP contribution is 2.16. The molecule has 0 aliphatic carbocycles. The van der Waals surface area contributed by atoms with Crippen LogP contribution in [0, 0.1) is 0 Å². The Morgan fingerprint density at radius 2 is 2.00 bits per heavy atom. The maximum Gasteiger partial charge on any atom is 0.0709 e. The summed E-state index contributed by atoms with van der Waals surface area (Å²) in [4.78, 5) is 4.46. The lowest BCUT2D eigenvalue weighted by Gasteiger charge is -2.02. The van der Waals surface area contributed by atoms with Gasteiger partial charge in [-0.15, -0.1) is 11.6 Å². The minimum Gasteiger partial charge on any atom is -0.248 e. The number of para-hydroxylation sites is 1. The van der Waals surface area contributed by atoms with Crippen LogP contribution in [0.2, 0.25) is 0 Å². The zero-order chi connectivity index (χ0) is 9.97. The molecule has 0 radical (unpaired) electrons. The number of allylic oxidation sites excluding steroid dienone is 1. The molecule has 0 saturated heterocycles. The average Bonchev–Trinajstić information content (AvgIpc) is 2.27. The van der Waals surface area contributed by atoms with Gasteiger partial charge in [-0.2, -0.15) is 0 Å². The van der Waals surface area contributed by atoms with Crippen molar-refractivity contribution in [3.63, 3.8) is 0 Å². The van der Waals surface area contributed by atoms with Gasteiger partial charge in [-0.05, 0) is 17.7 Å². The van der Waals surface area contributed by atoms with Gasteiger partial charge in [0.2, 0.25) is 0 Å². The molecule has 0 aliphatic rings. The van der Waals surface area contributed by atoms with E-state index in [-0.39, 0.29) is 0 Å². The first-order valence-corrected chi connectivity index (χ1v) is 4.94. The van der Waals surface area contributed by atoms with Gasteiger partial charge in [0.05, 0.1) is 11.2 Å². The van der Waals surface area contributed by atoms with E-state index in [1.54, 1.807) is 0 Å². The summed E-state index contributed by atoms with van der Waals surface area (Å²) >= 11 is 5.70. The van der Waals surface area contributed by atoms with Crippen LogP contribution in [0.5, 0.6) is 0 Å². The SMILES string of the molecule is C=C(CCl)c1ccc2ccccc2n1. The van der Waals surface area contributed by atoms with Gasteiger partial charge in [-0.1, -0.05) is 30.8 Å². The molecular formula is C12H10ClN. The Labute approximate surface area is 88.0 Å². The molecule has 0 atom stereocenters. The van der Waals surface area contributed by atoms with E-state index in [9.17, 15) is 0 Å². The fraction of sp³-hybridized carbons (Fsp3) is 0.0833. The van der Waals surface area contributed by atoms with E-state index in [4.69, 9.17) is 11.6 Å². The topological polar surface area (TPSA) is 12.9 Å². The van der Waals surface area contributed by atoms with Crippen molar-refractivity contribution in [2.75, 3.05) is 5.88 Å². The van der Waals surface area contributed by atoms with E-state index < -0.39 is 0 Å². The molecule has 1 heterocycles. The number of hydrogen-bond acceptors (Lipinski definition) is 1. The van der Waals surface area contributed by atoms with Crippen LogP contribution in [0.25, 0.3) is 16.5 Å². The molecule has 0 bridgehead atoms. The van der Waals surface area contributed by atoms with Crippen LogP contribution in [-0.2, 0) is 0 Å². The van der Waals surface area contributed by atoms with Crippen LogP contribution >= 0.6 is 11.6 Å². The molecule has 1 aromatic carbocycles. The summed E-state index contributed by atoms with van der Waals surface area (Å²) in [7, 11) is 0. The Bertz CT molecular complexity index is 476. The highest BCUT2D eigenvalue weighted by atomic mass is 35.5. The Hall–Kier alpha value is -1.34. The Kier molecular flexibility index (Phi) is 2.51. The van der Waals surface area contributed by atoms with Crippen LogP contribution < -0.4 is 0 Å². The van der Waals surface area contributed by atoms with Gasteiger partial charge in [-0.25, -0.2) is 4.98 Å². The summed E-state index contributed by atoms with van der Waals surface area (Å²) in [6, 6.07) is 12.0. The van der Waals surface area contributed by atoms with Crippen molar-refractivity contribution in [2.45, 2.75) is 0 Å². The molecule has 1 aromatic heterocycles. The Morgan fingerprint density at radius 3 is 2.79 bits per heavy atom. The number of benzene rings is 1. The van der Waals surface area contributed by atoms with Crippen molar-refractivity contribution in [1.29, 1.82) is 0 Å². The van der Waals surface area contributed by atoms with E-state index in [1.807, 2.05) is 36.4 Å². The summed E-state index contributed by atoms with van der Waals surface area (Å²) in [6.45, 7) is 3.86. The molecular weight excluding hydrogens is 194 g/mol. The third kappa shape index (κ3) is 1.64. The lowest BCUT2D eigenvalue weighted by Crippen LogP contribution is -1.89. The smallest absolute Gasteiger partial charge is 0.0709 e. The molecule has 2 rings (SSSR count). The molecule has 14 heavy (non-hydrogen) atoms. The predicted octanol–water partition coefficient (Wildman–Crippen LogP) is 3.49. The van der Waals surface area contributed by atoms with Gasteiger partial charge in [0.15, 0.2) is 0 Å². The summed E-state index contributed by atoms with van der Waals surface area (Å²) < 4.78 is 0. The number of rotatable bonds is 2. The zero-order valence-corrected chi connectivity index (χ0v) is 8.46. The molecule has 2 heteroatoms. The van der Waals surface area contributed by atoms with E-state index in [1.165, 1.54) is 0 Å². The third-order valence-corrected chi connectivity index (χ3v) is 2.44. The van der Waals surface area contributed by atoms with E-state index >= 15 is 0 Å². The standard InChI is InChI=1S/C12H10ClN/c1-9(8-13)11-7-6-10-4-2-3-5-12(10)14-11/h2-7H,1,8H2. The van der Waals surface area contributed by atoms with Crippen LogP contribution in [-0.4, -0.2) is 10.9 Å². The van der Waals surface area contributed by atoms with Gasteiger partial charge in [0.1, 0.15) is 0 Å². The van der Waals surface area contributed by atoms with Crippen LogP contribution in [0.15, 0.2) is 43.0 Å². The number of halogens is 1. The Morgan fingerprint density at radius 1 is 1.21 bits per heavy atom. The second-order valence-electron chi connectivity index (χ2n) is 3.13. The summed E-state index contributed by atoms with van der Waals surface area (Å²) in [5.74, 6) is 0.422. The fourth-order valence-electron chi connectivity index (χ4n) is 1.33. The second-order valence-corrected chi connectivity index (χ2v) is 3.39. The zero-order valence-electron chi connectivity index (χ0n) is 7.70. The number of alkyl halides is 1. The monoisotopic (exact) mass is 203 g/mol. The molecule has 70 valence electrons. The van der Waals surface area contributed by atoms with Gasteiger partial charge < -0.3 is 0 Å². The van der Waals surface area contributed by atoms with Crippen molar-refractivity contribution in [1.82, 2.24) is 4.98 Å². The van der Waals surface area contributed by atoms with Crippen LogP contribution in [0.1, 0.15) is 5.69 Å². The maximum absolute atomic E-state index is 5.70. The van der Waals surface area contributed by atoms with Crippen molar-refractivity contribution < 1.29 is 0 Å². The van der Waals surface area contributed by atoms with Gasteiger partial charge in [0, 0.05) is 11.3 Å². The van der Waals surface area contributed by atoms with Gasteiger partial charge in [0.25, 0.3) is 0 Å². The van der Waals surface area contributed by atoms with Crippen molar-refractivity contribution >= 4 is 28.1 Å². The van der Waals surface area contributed by atoms with Crippen molar-refractivity contribution in [3.05, 3.63) is 48.7 Å². The number of hydrogen-bond donors (Lipinski definition) is 0. The first kappa shape index (κ1) is 9.22. The number of fused-ring (bicyclic) bond motifs is 1. The summed E-state index contributed by atoms with van der Waals surface area (Å²) in [5.41, 5.74) is 2.72. The van der Waals surface area contributed by atoms with Gasteiger partial charge in [-0.3, -0.25) is 0 Å². The van der Waals surface area contributed by atoms with E-state index in [0.29, 0.717) is 5.88 Å². The molecule has 0 aliphatic heterocycles. The lowest BCUT2D eigenvalue weighted by atomic mass is 10.1. The fourth-order valence-corrected chi connectivity index (χ4v) is 1.47. The molecule has 0 spiro atoms. The molecule has 0 amide bonds. The number of aromatic nitrogens is 1. The van der Waals surface area contributed by atoms with Crippen molar-refractivity contribution in [2.24, 2.45) is 0 Å². The van der Waals surface area contributed by atoms with E-state index in [0.717, 1.165) is 22.2 Å². The number of nitrogens with zero attached hydrogens (tertiary/aromatic N) is 1. The quantitative estimate of drug-likeness (QED) is 0.681. The largest absolute Gasteiger partial charge is 0.248 e. The predicted molar refractivity (Wildman–Crippen MR) is 61.5 cm³/mol. The normalized spacial score (nSPS) is 10.4. The minimum atomic E-state index is 0.422. The van der Waals surface area contributed by atoms with Crippen molar-refractivity contribution in [3.8, 4) is 0 Å². The average molecular weight is 204 g/mol. The lowest BCUT2D eigenvalue weighted by molar-refractivity contribution is 1.34. The number of pyridine rings is 1. The third-order valence-electron chi connectivity index (χ3n) is 2.12. The molecule has 2 aromatic rings. The van der Waals surface area contributed by atoms with E-state index in [2.05, 4.69) is 11.6 Å². The molecule has 0 saturated carbocycles. The summed E-state index contributed by atoms with van der Waals surface area (Å²) in [6.07, 6.45) is 0. The van der Waals surface area contributed by atoms with Crippen LogP contribution in [0.3, 0.4) is 0 Å². The van der Waals surface area contributed by atoms with Gasteiger partial charge >= 0.3 is 0 Å². The first-order valence-electron chi connectivity index (χ1n) is 4.41. The first-order chi connectivity index (χ1) is 6.81. The Balaban J connectivity index is 2.56. The molecule has 1 nitrogen and oxygen atoms in total.